The Morgan fingerprint density at radius 3 is 2.44 bits per heavy atom. The summed E-state index contributed by atoms with van der Waals surface area (Å²) in [6.45, 7) is 3.07. The van der Waals surface area contributed by atoms with E-state index in [0.29, 0.717) is 12.0 Å². The fourth-order valence-electron chi connectivity index (χ4n) is 5.21. The molecule has 1 N–H and O–H groups in total. The first-order valence-corrected chi connectivity index (χ1v) is 6.94. The van der Waals surface area contributed by atoms with E-state index in [1.807, 2.05) is 0 Å². The zero-order valence-corrected chi connectivity index (χ0v) is 10.4. The van der Waals surface area contributed by atoms with E-state index in [-0.39, 0.29) is 12.2 Å². The first-order chi connectivity index (χ1) is 7.69. The Labute approximate surface area is 98.4 Å². The van der Waals surface area contributed by atoms with Crippen molar-refractivity contribution in [3.05, 3.63) is 0 Å². The van der Waals surface area contributed by atoms with Gasteiger partial charge in [-0.05, 0) is 55.8 Å². The molecule has 0 aromatic carbocycles. The van der Waals surface area contributed by atoms with Crippen LogP contribution in [0.2, 0.25) is 0 Å². The third kappa shape index (κ3) is 1.62. The summed E-state index contributed by atoms with van der Waals surface area (Å²) in [6.07, 6.45) is 9.48. The van der Waals surface area contributed by atoms with Crippen molar-refractivity contribution in [1.29, 1.82) is 0 Å². The van der Waals surface area contributed by atoms with Crippen LogP contribution in [0, 0.1) is 17.3 Å². The Hall–Kier alpha value is -0.0800. The molecule has 2 unspecified atom stereocenters. The molecule has 0 heterocycles. The number of ether oxygens (including phenoxy) is 1. The van der Waals surface area contributed by atoms with Crippen LogP contribution in [0.5, 0.6) is 0 Å². The zero-order valence-electron chi connectivity index (χ0n) is 10.4. The lowest BCUT2D eigenvalue weighted by Crippen LogP contribution is -2.56. The molecule has 16 heavy (non-hydrogen) atoms. The first kappa shape index (κ1) is 11.0. The minimum Gasteiger partial charge on any atom is -0.394 e. The normalized spacial score (nSPS) is 49.9. The molecular formula is C14H24O2. The highest BCUT2D eigenvalue weighted by atomic mass is 16.5. The summed E-state index contributed by atoms with van der Waals surface area (Å²) in [4.78, 5) is 0. The Morgan fingerprint density at radius 2 is 1.88 bits per heavy atom. The van der Waals surface area contributed by atoms with E-state index in [1.54, 1.807) is 0 Å². The Bertz CT molecular complexity index is 260. The molecule has 0 aromatic heterocycles. The topological polar surface area (TPSA) is 29.5 Å². The molecule has 4 aliphatic rings. The molecule has 4 bridgehead atoms. The standard InChI is InChI=1S/C14H24O2/c1-2-13-6-11-5-12(7-13)9-14(8-11,10-13)16-4-3-15/h11-12,15H,2-10H2,1H3/t11-,12+,13?,14?. The fourth-order valence-corrected chi connectivity index (χ4v) is 5.21. The summed E-state index contributed by atoms with van der Waals surface area (Å²) >= 11 is 0. The van der Waals surface area contributed by atoms with Crippen LogP contribution in [-0.2, 0) is 4.74 Å². The molecule has 2 heteroatoms. The van der Waals surface area contributed by atoms with Crippen molar-refractivity contribution in [2.45, 2.75) is 57.5 Å². The smallest absolute Gasteiger partial charge is 0.0705 e. The van der Waals surface area contributed by atoms with Gasteiger partial charge in [-0.2, -0.15) is 0 Å². The molecule has 0 amide bonds. The average Bonchev–Trinajstić information content (AvgIpc) is 2.25. The van der Waals surface area contributed by atoms with E-state index in [1.165, 1.54) is 44.9 Å². The summed E-state index contributed by atoms with van der Waals surface area (Å²) in [5, 5.41) is 8.96. The van der Waals surface area contributed by atoms with Gasteiger partial charge in [-0.3, -0.25) is 0 Å². The number of rotatable bonds is 4. The van der Waals surface area contributed by atoms with Crippen molar-refractivity contribution in [3.8, 4) is 0 Å². The van der Waals surface area contributed by atoms with Gasteiger partial charge in [0.05, 0.1) is 18.8 Å². The second-order valence-corrected chi connectivity index (χ2v) is 6.57. The van der Waals surface area contributed by atoms with Crippen LogP contribution < -0.4 is 0 Å². The third-order valence-corrected chi connectivity index (χ3v) is 5.38. The molecule has 92 valence electrons. The minimum absolute atomic E-state index is 0.156. The van der Waals surface area contributed by atoms with Gasteiger partial charge in [-0.25, -0.2) is 0 Å². The number of hydrogen-bond donors (Lipinski definition) is 1. The van der Waals surface area contributed by atoms with E-state index >= 15 is 0 Å². The largest absolute Gasteiger partial charge is 0.394 e. The Morgan fingerprint density at radius 1 is 1.19 bits per heavy atom. The van der Waals surface area contributed by atoms with Crippen molar-refractivity contribution in [2.75, 3.05) is 13.2 Å². The fraction of sp³-hybridized carbons (Fsp3) is 1.00. The highest BCUT2D eigenvalue weighted by molar-refractivity contribution is 5.08. The van der Waals surface area contributed by atoms with Crippen molar-refractivity contribution < 1.29 is 9.84 Å². The SMILES string of the molecule is CCC12C[C@H]3C[C@@H](C1)CC(OCCO)(C3)C2. The van der Waals surface area contributed by atoms with Crippen molar-refractivity contribution in [2.24, 2.45) is 17.3 Å². The molecule has 0 aliphatic heterocycles. The van der Waals surface area contributed by atoms with Crippen LogP contribution >= 0.6 is 0 Å². The van der Waals surface area contributed by atoms with Gasteiger partial charge in [0.15, 0.2) is 0 Å². The summed E-state index contributed by atoms with van der Waals surface area (Å²) in [5.41, 5.74) is 0.752. The molecule has 0 radical (unpaired) electrons. The van der Waals surface area contributed by atoms with Crippen LogP contribution in [0.15, 0.2) is 0 Å². The highest BCUT2D eigenvalue weighted by Crippen LogP contribution is 2.63. The van der Waals surface area contributed by atoms with E-state index < -0.39 is 0 Å². The average molecular weight is 224 g/mol. The van der Waals surface area contributed by atoms with Crippen LogP contribution in [-0.4, -0.2) is 23.9 Å². The van der Waals surface area contributed by atoms with Gasteiger partial charge in [-0.15, -0.1) is 0 Å². The summed E-state index contributed by atoms with van der Waals surface area (Å²) in [6, 6.07) is 0. The minimum atomic E-state index is 0.156. The second-order valence-electron chi connectivity index (χ2n) is 6.57. The third-order valence-electron chi connectivity index (χ3n) is 5.38. The lowest BCUT2D eigenvalue weighted by Gasteiger charge is -2.61. The number of aliphatic hydroxyl groups excluding tert-OH is 1. The first-order valence-electron chi connectivity index (χ1n) is 6.94. The number of aliphatic hydroxyl groups is 1. The molecule has 4 saturated carbocycles. The molecule has 4 aliphatic carbocycles. The summed E-state index contributed by atoms with van der Waals surface area (Å²) < 4.78 is 6.07. The van der Waals surface area contributed by atoms with Crippen molar-refractivity contribution in [3.63, 3.8) is 0 Å². The van der Waals surface area contributed by atoms with Gasteiger partial charge in [0, 0.05) is 0 Å². The highest BCUT2D eigenvalue weighted by Gasteiger charge is 2.57. The van der Waals surface area contributed by atoms with E-state index in [0.717, 1.165) is 11.8 Å². The lowest BCUT2D eigenvalue weighted by molar-refractivity contribution is -0.196. The molecular weight excluding hydrogens is 200 g/mol. The molecule has 0 aromatic rings. The second kappa shape index (κ2) is 3.71. The van der Waals surface area contributed by atoms with Crippen LogP contribution in [0.25, 0.3) is 0 Å². The van der Waals surface area contributed by atoms with E-state index in [9.17, 15) is 0 Å². The quantitative estimate of drug-likeness (QED) is 0.795. The maximum atomic E-state index is 8.96. The summed E-state index contributed by atoms with van der Waals surface area (Å²) in [5.74, 6) is 1.83. The lowest BCUT2D eigenvalue weighted by atomic mass is 9.47. The van der Waals surface area contributed by atoms with Gasteiger partial charge in [-0.1, -0.05) is 13.3 Å². The predicted octanol–water partition coefficient (Wildman–Crippen LogP) is 2.74. The molecule has 4 rings (SSSR count). The molecule has 0 saturated heterocycles. The maximum absolute atomic E-state index is 8.96. The van der Waals surface area contributed by atoms with Crippen LogP contribution in [0.4, 0.5) is 0 Å². The van der Waals surface area contributed by atoms with Gasteiger partial charge in [0.25, 0.3) is 0 Å². The van der Waals surface area contributed by atoms with Crippen LogP contribution in [0.3, 0.4) is 0 Å². The zero-order chi connectivity index (χ0) is 11.2. The molecule has 4 fully saturated rings. The summed E-state index contributed by atoms with van der Waals surface area (Å²) in [7, 11) is 0. The van der Waals surface area contributed by atoms with Gasteiger partial charge < -0.3 is 9.84 Å². The maximum Gasteiger partial charge on any atom is 0.0705 e. The van der Waals surface area contributed by atoms with Crippen molar-refractivity contribution in [1.82, 2.24) is 0 Å². The van der Waals surface area contributed by atoms with E-state index in [4.69, 9.17) is 9.84 Å². The molecule has 0 spiro atoms. The predicted molar refractivity (Wildman–Crippen MR) is 63.2 cm³/mol. The Kier molecular flexibility index (Phi) is 2.56. The molecule has 4 atom stereocenters. The monoisotopic (exact) mass is 224 g/mol. The number of hydrogen-bond acceptors (Lipinski definition) is 2. The molecule has 2 nitrogen and oxygen atoms in total. The Balaban J connectivity index is 1.81. The van der Waals surface area contributed by atoms with Crippen LogP contribution in [0.1, 0.15) is 51.9 Å². The van der Waals surface area contributed by atoms with Gasteiger partial charge in [0.2, 0.25) is 0 Å². The van der Waals surface area contributed by atoms with Gasteiger partial charge >= 0.3 is 0 Å². The van der Waals surface area contributed by atoms with Gasteiger partial charge in [0.1, 0.15) is 0 Å². The van der Waals surface area contributed by atoms with E-state index in [2.05, 4.69) is 6.92 Å². The van der Waals surface area contributed by atoms with Crippen molar-refractivity contribution >= 4 is 0 Å².